The smallest absolute Gasteiger partial charge is 0.337 e. The highest BCUT2D eigenvalue weighted by atomic mass is 79.9. The summed E-state index contributed by atoms with van der Waals surface area (Å²) in [6.07, 6.45) is 1.17. The van der Waals surface area contributed by atoms with Crippen LogP contribution in [0, 0.1) is 13.8 Å². The first-order valence-corrected chi connectivity index (χ1v) is 6.95. The highest BCUT2D eigenvalue weighted by molar-refractivity contribution is 9.10. The highest BCUT2D eigenvalue weighted by Crippen LogP contribution is 2.25. The first kappa shape index (κ1) is 15.2. The Morgan fingerprint density at radius 2 is 1.81 bits per heavy atom. The fraction of sp³-hybridized carbons (Fsp3) is 0.133. The molecule has 0 aliphatic rings. The summed E-state index contributed by atoms with van der Waals surface area (Å²) >= 11 is 3.40. The van der Waals surface area contributed by atoms with E-state index in [1.54, 1.807) is 0 Å². The van der Waals surface area contributed by atoms with Crippen molar-refractivity contribution in [1.29, 1.82) is 0 Å². The highest BCUT2D eigenvalue weighted by Gasteiger charge is 2.12. The number of aromatic nitrogens is 1. The molecule has 2 aromatic rings. The normalized spacial score (nSPS) is 10.2. The van der Waals surface area contributed by atoms with Crippen molar-refractivity contribution in [3.8, 4) is 0 Å². The number of carboxylic acid groups (broad SMARTS) is 1. The van der Waals surface area contributed by atoms with Gasteiger partial charge in [0.05, 0.1) is 5.56 Å². The minimum atomic E-state index is -1.07. The number of halogens is 1. The Bertz CT molecular complexity index is 688. The second-order valence-electron chi connectivity index (χ2n) is 4.61. The van der Waals surface area contributed by atoms with Crippen molar-refractivity contribution in [3.05, 3.63) is 57.3 Å². The Labute approximate surface area is 130 Å². The van der Waals surface area contributed by atoms with Gasteiger partial charge in [-0.1, -0.05) is 15.9 Å². The zero-order valence-corrected chi connectivity index (χ0v) is 13.1. The number of aromatic carboxylic acids is 1. The SMILES string of the molecule is Cc1cc(Br)cc(C)c1NC(=O)c1ccc(C(=O)O)cn1. The summed E-state index contributed by atoms with van der Waals surface area (Å²) in [5, 5.41) is 11.6. The van der Waals surface area contributed by atoms with Gasteiger partial charge < -0.3 is 10.4 Å². The van der Waals surface area contributed by atoms with Gasteiger partial charge in [0.25, 0.3) is 5.91 Å². The molecule has 1 amide bonds. The van der Waals surface area contributed by atoms with Crippen molar-refractivity contribution in [2.75, 3.05) is 5.32 Å². The number of carbonyl (C=O) groups is 2. The van der Waals surface area contributed by atoms with Crippen LogP contribution in [0.4, 0.5) is 5.69 Å². The van der Waals surface area contributed by atoms with Gasteiger partial charge in [-0.2, -0.15) is 0 Å². The van der Waals surface area contributed by atoms with E-state index in [1.807, 2.05) is 26.0 Å². The predicted octanol–water partition coefficient (Wildman–Crippen LogP) is 3.41. The van der Waals surface area contributed by atoms with E-state index < -0.39 is 5.97 Å². The monoisotopic (exact) mass is 348 g/mol. The van der Waals surface area contributed by atoms with E-state index in [-0.39, 0.29) is 17.2 Å². The molecule has 0 aliphatic heterocycles. The van der Waals surface area contributed by atoms with Crippen molar-refractivity contribution in [1.82, 2.24) is 4.98 Å². The molecule has 6 heteroatoms. The fourth-order valence-corrected chi connectivity index (χ4v) is 2.63. The Balaban J connectivity index is 2.24. The summed E-state index contributed by atoms with van der Waals surface area (Å²) in [4.78, 5) is 26.8. The van der Waals surface area contributed by atoms with Crippen LogP contribution >= 0.6 is 15.9 Å². The van der Waals surface area contributed by atoms with Gasteiger partial charge in [0, 0.05) is 16.4 Å². The van der Waals surface area contributed by atoms with Crippen molar-refractivity contribution in [2.45, 2.75) is 13.8 Å². The molecule has 0 atom stereocenters. The van der Waals surface area contributed by atoms with Gasteiger partial charge >= 0.3 is 5.97 Å². The maximum Gasteiger partial charge on any atom is 0.337 e. The zero-order valence-electron chi connectivity index (χ0n) is 11.5. The number of nitrogens with zero attached hydrogens (tertiary/aromatic N) is 1. The largest absolute Gasteiger partial charge is 0.478 e. The van der Waals surface area contributed by atoms with Crippen LogP contribution in [0.3, 0.4) is 0 Å². The number of carboxylic acids is 1. The molecular weight excluding hydrogens is 336 g/mol. The zero-order chi connectivity index (χ0) is 15.6. The molecule has 0 fully saturated rings. The predicted molar refractivity (Wildman–Crippen MR) is 82.8 cm³/mol. The lowest BCUT2D eigenvalue weighted by Crippen LogP contribution is -2.15. The molecule has 0 saturated heterocycles. The number of nitrogens with one attached hydrogen (secondary N) is 1. The fourth-order valence-electron chi connectivity index (χ4n) is 1.94. The van der Waals surface area contributed by atoms with E-state index in [4.69, 9.17) is 5.11 Å². The van der Waals surface area contributed by atoms with Gasteiger partial charge in [-0.05, 0) is 49.2 Å². The van der Waals surface area contributed by atoms with Gasteiger partial charge in [0.1, 0.15) is 5.69 Å². The van der Waals surface area contributed by atoms with Gasteiger partial charge in [0.15, 0.2) is 0 Å². The average molecular weight is 349 g/mol. The molecule has 0 unspecified atom stereocenters. The maximum atomic E-state index is 12.2. The first-order valence-electron chi connectivity index (χ1n) is 6.16. The molecule has 0 spiro atoms. The molecule has 1 aromatic carbocycles. The van der Waals surface area contributed by atoms with Crippen LogP contribution in [-0.2, 0) is 0 Å². The lowest BCUT2D eigenvalue weighted by molar-refractivity contribution is 0.0696. The molecule has 1 aromatic heterocycles. The van der Waals surface area contributed by atoms with Crippen molar-refractivity contribution >= 4 is 33.5 Å². The molecule has 108 valence electrons. The van der Waals surface area contributed by atoms with Crippen LogP contribution in [-0.4, -0.2) is 22.0 Å². The van der Waals surface area contributed by atoms with Gasteiger partial charge in [-0.15, -0.1) is 0 Å². The molecule has 2 N–H and O–H groups in total. The third kappa shape index (κ3) is 3.46. The second-order valence-corrected chi connectivity index (χ2v) is 5.52. The molecule has 0 radical (unpaired) electrons. The minimum absolute atomic E-state index is 0.0440. The summed E-state index contributed by atoms with van der Waals surface area (Å²) in [5.74, 6) is -1.45. The van der Waals surface area contributed by atoms with E-state index in [9.17, 15) is 9.59 Å². The summed E-state index contributed by atoms with van der Waals surface area (Å²) in [6, 6.07) is 6.56. The number of rotatable bonds is 3. The van der Waals surface area contributed by atoms with E-state index in [0.717, 1.165) is 21.3 Å². The first-order chi connectivity index (χ1) is 9.88. The number of benzene rings is 1. The Hall–Kier alpha value is -2.21. The number of aryl methyl sites for hydroxylation is 2. The van der Waals surface area contributed by atoms with Gasteiger partial charge in [-0.25, -0.2) is 4.79 Å². The molecular formula is C15H13BrN2O3. The second kappa shape index (κ2) is 6.05. The Morgan fingerprint density at radius 1 is 1.19 bits per heavy atom. The Kier molecular flexibility index (Phi) is 4.37. The molecule has 21 heavy (non-hydrogen) atoms. The van der Waals surface area contributed by atoms with Crippen LogP contribution in [0.25, 0.3) is 0 Å². The van der Waals surface area contributed by atoms with Crippen molar-refractivity contribution < 1.29 is 14.7 Å². The van der Waals surface area contributed by atoms with Crippen LogP contribution in [0.2, 0.25) is 0 Å². The van der Waals surface area contributed by atoms with Crippen molar-refractivity contribution in [2.24, 2.45) is 0 Å². The lowest BCUT2D eigenvalue weighted by atomic mass is 10.1. The summed E-state index contributed by atoms with van der Waals surface area (Å²) in [7, 11) is 0. The molecule has 2 rings (SSSR count). The number of carbonyl (C=O) groups excluding carboxylic acids is 1. The number of amides is 1. The Morgan fingerprint density at radius 3 is 2.29 bits per heavy atom. The number of pyridine rings is 1. The van der Waals surface area contributed by atoms with Crippen LogP contribution in [0.5, 0.6) is 0 Å². The summed E-state index contributed by atoms with van der Waals surface area (Å²) in [6.45, 7) is 3.79. The lowest BCUT2D eigenvalue weighted by Gasteiger charge is -2.12. The third-order valence-corrected chi connectivity index (χ3v) is 3.44. The van der Waals surface area contributed by atoms with E-state index in [0.29, 0.717) is 0 Å². The van der Waals surface area contributed by atoms with E-state index in [1.165, 1.54) is 18.3 Å². The average Bonchev–Trinajstić information content (AvgIpc) is 2.42. The minimum Gasteiger partial charge on any atom is -0.478 e. The number of hydrogen-bond acceptors (Lipinski definition) is 3. The maximum absolute atomic E-state index is 12.2. The molecule has 5 nitrogen and oxygen atoms in total. The van der Waals surface area contributed by atoms with Crippen LogP contribution in [0.1, 0.15) is 32.0 Å². The quantitative estimate of drug-likeness (QED) is 0.890. The topological polar surface area (TPSA) is 79.3 Å². The van der Waals surface area contributed by atoms with Crippen LogP contribution in [0.15, 0.2) is 34.9 Å². The van der Waals surface area contributed by atoms with Crippen molar-refractivity contribution in [3.63, 3.8) is 0 Å². The molecule has 0 bridgehead atoms. The number of hydrogen-bond donors (Lipinski definition) is 2. The molecule has 0 aliphatic carbocycles. The van der Waals surface area contributed by atoms with E-state index >= 15 is 0 Å². The third-order valence-electron chi connectivity index (χ3n) is 2.98. The van der Waals surface area contributed by atoms with Gasteiger partial charge in [0.2, 0.25) is 0 Å². The van der Waals surface area contributed by atoms with E-state index in [2.05, 4.69) is 26.2 Å². The molecule has 1 heterocycles. The summed E-state index contributed by atoms with van der Waals surface area (Å²) < 4.78 is 0.944. The van der Waals surface area contributed by atoms with Crippen LogP contribution < -0.4 is 5.32 Å². The number of anilines is 1. The summed E-state index contributed by atoms with van der Waals surface area (Å²) in [5.41, 5.74) is 2.80. The standard InChI is InChI=1S/C15H13BrN2O3/c1-8-5-11(16)6-9(2)13(8)18-14(19)12-4-3-10(7-17-12)15(20)21/h3-7H,1-2H3,(H,18,19)(H,20,21). The van der Waals surface area contributed by atoms with Gasteiger partial charge in [-0.3, -0.25) is 9.78 Å². The molecule has 0 saturated carbocycles.